The Morgan fingerprint density at radius 3 is 1.72 bits per heavy atom. The van der Waals surface area contributed by atoms with Gasteiger partial charge in [-0.3, -0.25) is 4.98 Å². The Morgan fingerprint density at radius 1 is 0.440 bits per heavy atom. The molecule has 0 saturated heterocycles. The molecule has 0 radical (unpaired) electrons. The van der Waals surface area contributed by atoms with Gasteiger partial charge in [0.15, 0.2) is 0 Å². The van der Waals surface area contributed by atoms with Gasteiger partial charge in [-0.25, -0.2) is 0 Å². The molecule has 8 aromatic carbocycles. The molecule has 0 atom stereocenters. The summed E-state index contributed by atoms with van der Waals surface area (Å²) in [6, 6.07) is 58.2. The molecule has 0 saturated carbocycles. The molecule has 0 bridgehead atoms. The standard InChI is InChI=1S/C48H34N2/c1-48(2)46-29-39-24-35(38-12-7-23-49-30-38)13-14-36(39)28-45(46)44-21-17-37-27-42(20-22-43(37)47(44)48)50(40-18-15-31-8-3-5-10-33(31)25-40)41-19-16-32-9-4-6-11-34(32)26-41/h3-30H,1-2H3. The van der Waals surface area contributed by atoms with Crippen LogP contribution in [-0.4, -0.2) is 4.98 Å². The highest BCUT2D eigenvalue weighted by Crippen LogP contribution is 2.53. The van der Waals surface area contributed by atoms with Crippen LogP contribution in [0.5, 0.6) is 0 Å². The predicted molar refractivity (Wildman–Crippen MR) is 212 cm³/mol. The lowest BCUT2D eigenvalue weighted by Crippen LogP contribution is -2.15. The van der Waals surface area contributed by atoms with Gasteiger partial charge in [0.05, 0.1) is 0 Å². The molecule has 1 aliphatic carbocycles. The third kappa shape index (κ3) is 4.45. The van der Waals surface area contributed by atoms with Crippen LogP contribution < -0.4 is 4.90 Å². The number of anilines is 3. The van der Waals surface area contributed by atoms with Crippen LogP contribution in [-0.2, 0) is 5.41 Å². The molecular formula is C48H34N2. The molecule has 0 amide bonds. The van der Waals surface area contributed by atoms with E-state index in [0.717, 1.165) is 22.6 Å². The van der Waals surface area contributed by atoms with Crippen LogP contribution in [0.25, 0.3) is 65.3 Å². The maximum atomic E-state index is 4.35. The SMILES string of the molecule is CC1(C)c2cc3cc(-c4cccnc4)ccc3cc2-c2ccc3cc(N(c4ccc5ccccc5c4)c4ccc5ccccc5c4)ccc3c21. The topological polar surface area (TPSA) is 16.1 Å². The largest absolute Gasteiger partial charge is 0.310 e. The second kappa shape index (κ2) is 10.9. The molecule has 236 valence electrons. The zero-order chi connectivity index (χ0) is 33.4. The van der Waals surface area contributed by atoms with E-state index in [1.54, 1.807) is 0 Å². The first kappa shape index (κ1) is 28.7. The van der Waals surface area contributed by atoms with Crippen molar-refractivity contribution in [1.82, 2.24) is 4.98 Å². The van der Waals surface area contributed by atoms with Crippen molar-refractivity contribution < 1.29 is 0 Å². The van der Waals surface area contributed by atoms with Crippen LogP contribution in [0.15, 0.2) is 170 Å². The van der Waals surface area contributed by atoms with E-state index in [1.807, 2.05) is 18.5 Å². The van der Waals surface area contributed by atoms with Gasteiger partial charge in [-0.2, -0.15) is 0 Å². The number of fused-ring (bicyclic) bond motifs is 8. The fourth-order valence-corrected chi connectivity index (χ4v) is 8.32. The molecule has 10 rings (SSSR count). The highest BCUT2D eigenvalue weighted by atomic mass is 15.1. The molecule has 0 N–H and O–H groups in total. The van der Waals surface area contributed by atoms with E-state index in [2.05, 4.69) is 175 Å². The van der Waals surface area contributed by atoms with Crippen LogP contribution in [0.2, 0.25) is 0 Å². The van der Waals surface area contributed by atoms with Gasteiger partial charge in [0.25, 0.3) is 0 Å². The molecule has 2 heteroatoms. The van der Waals surface area contributed by atoms with Crippen LogP contribution in [0, 0.1) is 0 Å². The van der Waals surface area contributed by atoms with E-state index in [1.165, 1.54) is 70.9 Å². The van der Waals surface area contributed by atoms with Gasteiger partial charge < -0.3 is 4.90 Å². The fourth-order valence-electron chi connectivity index (χ4n) is 8.32. The molecule has 1 aliphatic rings. The Balaban J connectivity index is 1.12. The molecule has 0 aliphatic heterocycles. The first-order valence-corrected chi connectivity index (χ1v) is 17.4. The van der Waals surface area contributed by atoms with Crippen molar-refractivity contribution in [3.63, 3.8) is 0 Å². The number of pyridine rings is 1. The van der Waals surface area contributed by atoms with Crippen molar-refractivity contribution in [1.29, 1.82) is 0 Å². The van der Waals surface area contributed by atoms with Crippen molar-refractivity contribution in [2.75, 3.05) is 4.90 Å². The lowest BCUT2D eigenvalue weighted by Gasteiger charge is -2.27. The normalized spacial score (nSPS) is 13.2. The molecular weight excluding hydrogens is 605 g/mol. The average molecular weight is 639 g/mol. The summed E-state index contributed by atoms with van der Waals surface area (Å²) in [6.45, 7) is 4.77. The molecule has 9 aromatic rings. The zero-order valence-electron chi connectivity index (χ0n) is 28.1. The Hall–Kier alpha value is -6.25. The van der Waals surface area contributed by atoms with Gasteiger partial charge in [0, 0.05) is 40.4 Å². The van der Waals surface area contributed by atoms with Gasteiger partial charge in [0.2, 0.25) is 0 Å². The van der Waals surface area contributed by atoms with Crippen molar-refractivity contribution >= 4 is 60.2 Å². The van der Waals surface area contributed by atoms with E-state index in [4.69, 9.17) is 0 Å². The summed E-state index contributed by atoms with van der Waals surface area (Å²) in [6.07, 6.45) is 3.77. The highest BCUT2D eigenvalue weighted by molar-refractivity contribution is 6.03. The first-order chi connectivity index (χ1) is 24.5. The van der Waals surface area contributed by atoms with E-state index >= 15 is 0 Å². The first-order valence-electron chi connectivity index (χ1n) is 17.4. The van der Waals surface area contributed by atoms with Crippen LogP contribution in [0.4, 0.5) is 17.1 Å². The fraction of sp³-hybridized carbons (Fsp3) is 0.0625. The summed E-state index contributed by atoms with van der Waals surface area (Å²) in [5.41, 5.74) is 11.1. The van der Waals surface area contributed by atoms with Crippen LogP contribution in [0.1, 0.15) is 25.0 Å². The zero-order valence-corrected chi connectivity index (χ0v) is 28.1. The number of benzene rings is 8. The number of nitrogens with zero attached hydrogens (tertiary/aromatic N) is 2. The third-order valence-electron chi connectivity index (χ3n) is 10.8. The van der Waals surface area contributed by atoms with Crippen LogP contribution >= 0.6 is 0 Å². The van der Waals surface area contributed by atoms with Gasteiger partial charge >= 0.3 is 0 Å². The summed E-state index contributed by atoms with van der Waals surface area (Å²) < 4.78 is 0. The van der Waals surface area contributed by atoms with Crippen molar-refractivity contribution in [2.45, 2.75) is 19.3 Å². The number of hydrogen-bond donors (Lipinski definition) is 0. The highest BCUT2D eigenvalue weighted by Gasteiger charge is 2.37. The van der Waals surface area contributed by atoms with Crippen molar-refractivity contribution in [2.24, 2.45) is 0 Å². The van der Waals surface area contributed by atoms with Crippen molar-refractivity contribution in [3.05, 3.63) is 181 Å². The minimum atomic E-state index is -0.152. The quantitative estimate of drug-likeness (QED) is 0.191. The minimum Gasteiger partial charge on any atom is -0.310 e. The predicted octanol–water partition coefficient (Wildman–Crippen LogP) is 13.1. The molecule has 0 spiro atoms. The van der Waals surface area contributed by atoms with Gasteiger partial charge in [0.1, 0.15) is 0 Å². The Morgan fingerprint density at radius 2 is 1.04 bits per heavy atom. The van der Waals surface area contributed by atoms with Crippen LogP contribution in [0.3, 0.4) is 0 Å². The van der Waals surface area contributed by atoms with Gasteiger partial charge in [-0.05, 0) is 132 Å². The lowest BCUT2D eigenvalue weighted by atomic mass is 9.79. The summed E-state index contributed by atoms with van der Waals surface area (Å²) in [4.78, 5) is 6.75. The van der Waals surface area contributed by atoms with E-state index in [0.29, 0.717) is 0 Å². The second-order valence-corrected chi connectivity index (χ2v) is 14.1. The summed E-state index contributed by atoms with van der Waals surface area (Å²) in [7, 11) is 0. The van der Waals surface area contributed by atoms with E-state index in [-0.39, 0.29) is 5.41 Å². The van der Waals surface area contributed by atoms with E-state index < -0.39 is 0 Å². The summed E-state index contributed by atoms with van der Waals surface area (Å²) in [5.74, 6) is 0. The maximum Gasteiger partial charge on any atom is 0.0468 e. The summed E-state index contributed by atoms with van der Waals surface area (Å²) >= 11 is 0. The Labute approximate surface area is 291 Å². The lowest BCUT2D eigenvalue weighted by molar-refractivity contribution is 0.667. The Kier molecular flexibility index (Phi) is 6.25. The smallest absolute Gasteiger partial charge is 0.0468 e. The molecule has 1 heterocycles. The molecule has 0 fully saturated rings. The Bertz CT molecular complexity index is 2720. The molecule has 50 heavy (non-hydrogen) atoms. The van der Waals surface area contributed by atoms with Gasteiger partial charge in [-0.1, -0.05) is 111 Å². The monoisotopic (exact) mass is 638 g/mol. The molecule has 2 nitrogen and oxygen atoms in total. The third-order valence-corrected chi connectivity index (χ3v) is 10.8. The second-order valence-electron chi connectivity index (χ2n) is 14.1. The van der Waals surface area contributed by atoms with E-state index in [9.17, 15) is 0 Å². The average Bonchev–Trinajstić information content (AvgIpc) is 3.39. The van der Waals surface area contributed by atoms with Gasteiger partial charge in [-0.15, -0.1) is 0 Å². The summed E-state index contributed by atoms with van der Waals surface area (Å²) in [5, 5.41) is 10.0. The molecule has 1 aromatic heterocycles. The van der Waals surface area contributed by atoms with Crippen molar-refractivity contribution in [3.8, 4) is 22.3 Å². The molecule has 0 unspecified atom stereocenters. The number of hydrogen-bond acceptors (Lipinski definition) is 2. The number of rotatable bonds is 4. The minimum absolute atomic E-state index is 0.152. The number of aromatic nitrogens is 1. The maximum absolute atomic E-state index is 4.35.